The van der Waals surface area contributed by atoms with Crippen LogP contribution in [0.1, 0.15) is 24.5 Å². The standard InChI is InChI=1S/C17H21NO2/c1-2-11-20-17-9-5-15(6-10-17)13-18-12-14-3-7-16(19)8-4-14/h3-10,18-19H,2,11-13H2,1H3. The number of phenols is 1. The molecular weight excluding hydrogens is 250 g/mol. The first kappa shape index (κ1) is 14.4. The molecule has 0 aliphatic rings. The average molecular weight is 271 g/mol. The van der Waals surface area contributed by atoms with Gasteiger partial charge in [0.2, 0.25) is 0 Å². The van der Waals surface area contributed by atoms with Crippen LogP contribution in [0, 0.1) is 0 Å². The fourth-order valence-electron chi connectivity index (χ4n) is 1.89. The Labute approximate surface area is 120 Å². The van der Waals surface area contributed by atoms with E-state index in [-0.39, 0.29) is 0 Å². The Morgan fingerprint density at radius 2 is 1.45 bits per heavy atom. The maximum absolute atomic E-state index is 9.22. The smallest absolute Gasteiger partial charge is 0.119 e. The van der Waals surface area contributed by atoms with E-state index < -0.39 is 0 Å². The van der Waals surface area contributed by atoms with Crippen molar-refractivity contribution in [2.24, 2.45) is 0 Å². The lowest BCUT2D eigenvalue weighted by atomic mass is 10.2. The number of hydrogen-bond donors (Lipinski definition) is 2. The van der Waals surface area contributed by atoms with Gasteiger partial charge >= 0.3 is 0 Å². The summed E-state index contributed by atoms with van der Waals surface area (Å²) in [7, 11) is 0. The van der Waals surface area contributed by atoms with Crippen LogP contribution in [-0.4, -0.2) is 11.7 Å². The summed E-state index contributed by atoms with van der Waals surface area (Å²) in [6.45, 7) is 4.46. The van der Waals surface area contributed by atoms with Gasteiger partial charge in [-0.15, -0.1) is 0 Å². The summed E-state index contributed by atoms with van der Waals surface area (Å²) in [5.41, 5.74) is 2.39. The van der Waals surface area contributed by atoms with Gasteiger partial charge in [0.05, 0.1) is 6.61 Å². The fraction of sp³-hybridized carbons (Fsp3) is 0.294. The van der Waals surface area contributed by atoms with Crippen molar-refractivity contribution in [3.05, 3.63) is 59.7 Å². The van der Waals surface area contributed by atoms with Gasteiger partial charge < -0.3 is 15.2 Å². The molecule has 3 heteroatoms. The fourth-order valence-corrected chi connectivity index (χ4v) is 1.89. The summed E-state index contributed by atoms with van der Waals surface area (Å²) < 4.78 is 5.55. The van der Waals surface area contributed by atoms with Gasteiger partial charge in [-0.3, -0.25) is 0 Å². The van der Waals surface area contributed by atoms with Gasteiger partial charge in [0.15, 0.2) is 0 Å². The summed E-state index contributed by atoms with van der Waals surface area (Å²) in [6, 6.07) is 15.4. The third-order valence-corrected chi connectivity index (χ3v) is 2.99. The number of benzene rings is 2. The van der Waals surface area contributed by atoms with Crippen molar-refractivity contribution < 1.29 is 9.84 Å². The van der Waals surface area contributed by atoms with Crippen LogP contribution in [0.2, 0.25) is 0 Å². The van der Waals surface area contributed by atoms with Crippen LogP contribution in [0.3, 0.4) is 0 Å². The Kier molecular flexibility index (Phi) is 5.44. The molecule has 0 saturated carbocycles. The Balaban J connectivity index is 1.77. The molecule has 20 heavy (non-hydrogen) atoms. The van der Waals surface area contributed by atoms with Crippen molar-refractivity contribution in [3.63, 3.8) is 0 Å². The summed E-state index contributed by atoms with van der Waals surface area (Å²) in [4.78, 5) is 0. The number of phenolic OH excluding ortho intramolecular Hbond substituents is 1. The lowest BCUT2D eigenvalue weighted by Crippen LogP contribution is -2.12. The Morgan fingerprint density at radius 3 is 2.00 bits per heavy atom. The van der Waals surface area contributed by atoms with Crippen molar-refractivity contribution >= 4 is 0 Å². The normalized spacial score (nSPS) is 10.4. The van der Waals surface area contributed by atoms with E-state index in [0.29, 0.717) is 5.75 Å². The van der Waals surface area contributed by atoms with Crippen LogP contribution in [0.5, 0.6) is 11.5 Å². The highest BCUT2D eigenvalue weighted by molar-refractivity contribution is 5.28. The molecule has 0 bridgehead atoms. The molecular formula is C17H21NO2. The van der Waals surface area contributed by atoms with Crippen LogP contribution in [0.4, 0.5) is 0 Å². The molecule has 2 rings (SSSR count). The molecule has 0 fully saturated rings. The van der Waals surface area contributed by atoms with Crippen molar-refractivity contribution in [2.75, 3.05) is 6.61 Å². The van der Waals surface area contributed by atoms with E-state index in [1.54, 1.807) is 12.1 Å². The average Bonchev–Trinajstić information content (AvgIpc) is 2.48. The zero-order valence-electron chi connectivity index (χ0n) is 11.8. The zero-order chi connectivity index (χ0) is 14.2. The summed E-state index contributed by atoms with van der Waals surface area (Å²) in [5, 5.41) is 12.6. The van der Waals surface area contributed by atoms with Crippen LogP contribution in [-0.2, 0) is 13.1 Å². The molecule has 0 atom stereocenters. The van der Waals surface area contributed by atoms with Crippen molar-refractivity contribution in [1.29, 1.82) is 0 Å². The van der Waals surface area contributed by atoms with Gasteiger partial charge in [-0.05, 0) is 41.8 Å². The third-order valence-electron chi connectivity index (χ3n) is 2.99. The van der Waals surface area contributed by atoms with Crippen LogP contribution >= 0.6 is 0 Å². The van der Waals surface area contributed by atoms with E-state index in [4.69, 9.17) is 4.74 Å². The quantitative estimate of drug-likeness (QED) is 0.810. The maximum Gasteiger partial charge on any atom is 0.119 e. The monoisotopic (exact) mass is 271 g/mol. The first-order valence-electron chi connectivity index (χ1n) is 6.98. The van der Waals surface area contributed by atoms with Gasteiger partial charge in [-0.2, -0.15) is 0 Å². The van der Waals surface area contributed by atoms with E-state index in [2.05, 4.69) is 24.4 Å². The predicted octanol–water partition coefficient (Wildman–Crippen LogP) is 3.47. The van der Waals surface area contributed by atoms with E-state index in [1.807, 2.05) is 24.3 Å². The number of rotatable bonds is 7. The van der Waals surface area contributed by atoms with Gasteiger partial charge in [0, 0.05) is 13.1 Å². The minimum absolute atomic E-state index is 0.302. The van der Waals surface area contributed by atoms with Crippen LogP contribution < -0.4 is 10.1 Å². The van der Waals surface area contributed by atoms with E-state index in [0.717, 1.165) is 37.4 Å². The largest absolute Gasteiger partial charge is 0.508 e. The van der Waals surface area contributed by atoms with E-state index in [1.165, 1.54) is 5.56 Å². The second-order valence-corrected chi connectivity index (χ2v) is 4.76. The summed E-state index contributed by atoms with van der Waals surface area (Å²) in [5.74, 6) is 1.23. The van der Waals surface area contributed by atoms with Crippen molar-refractivity contribution in [3.8, 4) is 11.5 Å². The minimum Gasteiger partial charge on any atom is -0.508 e. The maximum atomic E-state index is 9.22. The van der Waals surface area contributed by atoms with Gasteiger partial charge in [-0.25, -0.2) is 0 Å². The lowest BCUT2D eigenvalue weighted by Gasteiger charge is -2.07. The van der Waals surface area contributed by atoms with Gasteiger partial charge in [0.25, 0.3) is 0 Å². The molecule has 0 heterocycles. The van der Waals surface area contributed by atoms with Crippen LogP contribution in [0.25, 0.3) is 0 Å². The molecule has 0 saturated heterocycles. The molecule has 0 aromatic heterocycles. The Morgan fingerprint density at radius 1 is 0.900 bits per heavy atom. The first-order chi connectivity index (χ1) is 9.78. The molecule has 0 aliphatic carbocycles. The Bertz CT molecular complexity index is 506. The molecule has 0 amide bonds. The highest BCUT2D eigenvalue weighted by atomic mass is 16.5. The molecule has 2 aromatic carbocycles. The van der Waals surface area contributed by atoms with Gasteiger partial charge in [0.1, 0.15) is 11.5 Å². The molecule has 3 nitrogen and oxygen atoms in total. The predicted molar refractivity (Wildman–Crippen MR) is 80.9 cm³/mol. The topological polar surface area (TPSA) is 41.5 Å². The number of nitrogens with one attached hydrogen (secondary N) is 1. The zero-order valence-corrected chi connectivity index (χ0v) is 11.8. The van der Waals surface area contributed by atoms with E-state index >= 15 is 0 Å². The molecule has 2 N–H and O–H groups in total. The number of ether oxygens (including phenoxy) is 1. The number of aromatic hydroxyl groups is 1. The summed E-state index contributed by atoms with van der Waals surface area (Å²) in [6.07, 6.45) is 1.02. The highest BCUT2D eigenvalue weighted by Gasteiger charge is 1.97. The SMILES string of the molecule is CCCOc1ccc(CNCc2ccc(O)cc2)cc1. The molecule has 0 spiro atoms. The van der Waals surface area contributed by atoms with Crippen molar-refractivity contribution in [2.45, 2.75) is 26.4 Å². The highest BCUT2D eigenvalue weighted by Crippen LogP contribution is 2.13. The molecule has 0 radical (unpaired) electrons. The third kappa shape index (κ3) is 4.59. The second kappa shape index (κ2) is 7.56. The number of hydrogen-bond acceptors (Lipinski definition) is 3. The summed E-state index contributed by atoms with van der Waals surface area (Å²) >= 11 is 0. The Hall–Kier alpha value is -2.00. The molecule has 0 aliphatic heterocycles. The van der Waals surface area contributed by atoms with Gasteiger partial charge in [-0.1, -0.05) is 31.2 Å². The molecule has 0 unspecified atom stereocenters. The molecule has 106 valence electrons. The molecule has 2 aromatic rings. The minimum atomic E-state index is 0.302. The second-order valence-electron chi connectivity index (χ2n) is 4.76. The van der Waals surface area contributed by atoms with E-state index in [9.17, 15) is 5.11 Å². The lowest BCUT2D eigenvalue weighted by molar-refractivity contribution is 0.317. The first-order valence-corrected chi connectivity index (χ1v) is 6.98. The van der Waals surface area contributed by atoms with Crippen molar-refractivity contribution in [1.82, 2.24) is 5.32 Å². The van der Waals surface area contributed by atoms with Crippen LogP contribution in [0.15, 0.2) is 48.5 Å².